The number of H-pyrrole nitrogens is 1. The fourth-order valence-electron chi connectivity index (χ4n) is 2.79. The largest absolute Gasteiger partial charge is 0.481 e. The fourth-order valence-corrected chi connectivity index (χ4v) is 2.93. The van der Waals surface area contributed by atoms with Crippen molar-refractivity contribution < 1.29 is 14.7 Å². The average Bonchev–Trinajstić information content (AvgIpc) is 3.03. The minimum atomic E-state index is -0.814. The number of nitrogens with zero attached hydrogens (tertiary/aromatic N) is 3. The Kier molecular flexibility index (Phi) is 5.17. The fraction of sp³-hybridized carbons (Fsp3) is 0.692. The van der Waals surface area contributed by atoms with Crippen molar-refractivity contribution >= 4 is 23.5 Å². The monoisotopic (exact) mass is 314 g/mol. The number of hydrogen-bond acceptors (Lipinski definition) is 4. The van der Waals surface area contributed by atoms with E-state index in [1.54, 1.807) is 4.90 Å². The maximum absolute atomic E-state index is 12.2. The van der Waals surface area contributed by atoms with Gasteiger partial charge in [0.15, 0.2) is 0 Å². The summed E-state index contributed by atoms with van der Waals surface area (Å²) < 4.78 is 0. The van der Waals surface area contributed by atoms with E-state index in [0.29, 0.717) is 25.3 Å². The van der Waals surface area contributed by atoms with Gasteiger partial charge in [0.25, 0.3) is 0 Å². The topological polar surface area (TPSA) is 99.2 Å². The summed E-state index contributed by atoms with van der Waals surface area (Å²) >= 11 is 5.60. The molecule has 1 amide bonds. The molecule has 2 rings (SSSR count). The lowest BCUT2D eigenvalue weighted by Gasteiger charge is -2.15. The van der Waals surface area contributed by atoms with Crippen LogP contribution in [-0.4, -0.2) is 50.2 Å². The Morgan fingerprint density at radius 1 is 1.48 bits per heavy atom. The maximum Gasteiger partial charge on any atom is 0.308 e. The third-order valence-electron chi connectivity index (χ3n) is 3.85. The number of nitrogens with one attached hydrogen (secondary N) is 1. The van der Waals surface area contributed by atoms with E-state index in [0.717, 1.165) is 12.8 Å². The molecule has 0 saturated carbocycles. The molecule has 116 valence electrons. The van der Waals surface area contributed by atoms with Gasteiger partial charge in [0.2, 0.25) is 11.2 Å². The number of likely N-dealkylation sites (tertiary alicyclic amines) is 1. The average molecular weight is 315 g/mol. The number of rotatable bonds is 6. The summed E-state index contributed by atoms with van der Waals surface area (Å²) in [6.07, 6.45) is 2.45. The Balaban J connectivity index is 1.89. The molecule has 1 aromatic heterocycles. The lowest BCUT2D eigenvalue weighted by Crippen LogP contribution is -2.30. The normalized spacial score (nSPS) is 21.7. The molecule has 2 unspecified atom stereocenters. The maximum atomic E-state index is 12.2. The summed E-state index contributed by atoms with van der Waals surface area (Å²) in [5.74, 6) is -0.699. The molecular formula is C13H19ClN4O3. The van der Waals surface area contributed by atoms with Gasteiger partial charge in [0, 0.05) is 25.9 Å². The highest BCUT2D eigenvalue weighted by atomic mass is 35.5. The molecule has 8 heteroatoms. The van der Waals surface area contributed by atoms with E-state index < -0.39 is 11.9 Å². The molecule has 1 aliphatic rings. The van der Waals surface area contributed by atoms with Crippen LogP contribution in [0.2, 0.25) is 5.28 Å². The Labute approximate surface area is 127 Å². The molecule has 1 aliphatic heterocycles. The quantitative estimate of drug-likeness (QED) is 0.825. The van der Waals surface area contributed by atoms with Crippen LogP contribution < -0.4 is 0 Å². The van der Waals surface area contributed by atoms with Gasteiger partial charge in [-0.05, 0) is 23.9 Å². The van der Waals surface area contributed by atoms with E-state index >= 15 is 0 Å². The van der Waals surface area contributed by atoms with Crippen LogP contribution in [0.4, 0.5) is 0 Å². The van der Waals surface area contributed by atoms with Gasteiger partial charge >= 0.3 is 5.97 Å². The Morgan fingerprint density at radius 2 is 2.24 bits per heavy atom. The van der Waals surface area contributed by atoms with Gasteiger partial charge in [-0.3, -0.25) is 14.7 Å². The van der Waals surface area contributed by atoms with Crippen LogP contribution in [0.5, 0.6) is 0 Å². The van der Waals surface area contributed by atoms with Crippen LogP contribution in [0.15, 0.2) is 0 Å². The molecule has 1 saturated heterocycles. The number of halogens is 1. The van der Waals surface area contributed by atoms with Crippen molar-refractivity contribution in [3.8, 4) is 0 Å². The van der Waals surface area contributed by atoms with Crippen molar-refractivity contribution in [2.75, 3.05) is 13.1 Å². The van der Waals surface area contributed by atoms with E-state index in [4.69, 9.17) is 11.6 Å². The number of aryl methyl sites for hydroxylation is 1. The second kappa shape index (κ2) is 6.89. The first-order valence-corrected chi connectivity index (χ1v) is 7.46. The molecule has 2 heterocycles. The van der Waals surface area contributed by atoms with Crippen molar-refractivity contribution in [2.45, 2.75) is 32.6 Å². The molecule has 0 radical (unpaired) electrons. The smallest absolute Gasteiger partial charge is 0.308 e. The zero-order valence-corrected chi connectivity index (χ0v) is 12.6. The number of aromatic nitrogens is 3. The lowest BCUT2D eigenvalue weighted by atomic mass is 9.92. The van der Waals surface area contributed by atoms with E-state index in [9.17, 15) is 14.7 Å². The van der Waals surface area contributed by atoms with Crippen LogP contribution in [-0.2, 0) is 16.0 Å². The van der Waals surface area contributed by atoms with Gasteiger partial charge in [0.1, 0.15) is 5.82 Å². The van der Waals surface area contributed by atoms with Gasteiger partial charge in [-0.25, -0.2) is 4.98 Å². The Hall–Kier alpha value is -1.63. The first-order valence-electron chi connectivity index (χ1n) is 7.08. The molecule has 7 nitrogen and oxygen atoms in total. The van der Waals surface area contributed by atoms with Crippen LogP contribution in [0, 0.1) is 11.8 Å². The van der Waals surface area contributed by atoms with Crippen LogP contribution in [0.1, 0.15) is 32.0 Å². The second-order valence-electron chi connectivity index (χ2n) is 5.34. The summed E-state index contributed by atoms with van der Waals surface area (Å²) in [5, 5.41) is 15.7. The van der Waals surface area contributed by atoms with Gasteiger partial charge in [-0.15, -0.1) is 5.10 Å². The van der Waals surface area contributed by atoms with Gasteiger partial charge < -0.3 is 10.0 Å². The molecule has 2 atom stereocenters. The molecule has 0 aliphatic carbocycles. The van der Waals surface area contributed by atoms with Crippen molar-refractivity contribution in [2.24, 2.45) is 11.8 Å². The SMILES string of the molecule is CCCC1CN(C(=O)CCc2nc(Cl)n[nH]2)CC1C(=O)O. The molecule has 2 N–H and O–H groups in total. The molecule has 21 heavy (non-hydrogen) atoms. The second-order valence-corrected chi connectivity index (χ2v) is 5.68. The highest BCUT2D eigenvalue weighted by molar-refractivity contribution is 6.28. The number of aliphatic carboxylic acids is 1. The standard InChI is InChI=1S/C13H19ClN4O3/c1-2-3-8-6-18(7-9(8)12(20)21)11(19)5-4-10-15-13(14)17-16-10/h8-9H,2-7H2,1H3,(H,20,21)(H,15,16,17). The summed E-state index contributed by atoms with van der Waals surface area (Å²) in [6.45, 7) is 2.85. The zero-order chi connectivity index (χ0) is 15.4. The number of carbonyl (C=O) groups is 2. The minimum Gasteiger partial charge on any atom is -0.481 e. The number of carboxylic acid groups (broad SMARTS) is 1. The van der Waals surface area contributed by atoms with Gasteiger partial charge in [-0.2, -0.15) is 0 Å². The Bertz CT molecular complexity index is 519. The summed E-state index contributed by atoms with van der Waals surface area (Å²) in [4.78, 5) is 29.0. The van der Waals surface area contributed by atoms with Gasteiger partial charge in [0.05, 0.1) is 5.92 Å². The predicted molar refractivity (Wildman–Crippen MR) is 75.8 cm³/mol. The summed E-state index contributed by atoms with van der Waals surface area (Å²) in [6, 6.07) is 0. The number of carboxylic acids is 1. The van der Waals surface area contributed by atoms with Crippen molar-refractivity contribution in [1.29, 1.82) is 0 Å². The van der Waals surface area contributed by atoms with Crippen molar-refractivity contribution in [3.05, 3.63) is 11.1 Å². The zero-order valence-electron chi connectivity index (χ0n) is 11.9. The first-order chi connectivity index (χ1) is 10.0. The summed E-state index contributed by atoms with van der Waals surface area (Å²) in [5.41, 5.74) is 0. The van der Waals surface area contributed by atoms with E-state index in [1.165, 1.54) is 0 Å². The van der Waals surface area contributed by atoms with Gasteiger partial charge in [-0.1, -0.05) is 13.3 Å². The minimum absolute atomic E-state index is 0.0487. The first kappa shape index (κ1) is 15.8. The predicted octanol–water partition coefficient (Wildman–Crippen LogP) is 1.35. The molecule has 0 bridgehead atoms. The number of carbonyl (C=O) groups excluding carboxylic acids is 1. The molecule has 0 spiro atoms. The van der Waals surface area contributed by atoms with Crippen molar-refractivity contribution in [1.82, 2.24) is 20.1 Å². The van der Waals surface area contributed by atoms with Crippen LogP contribution in [0.3, 0.4) is 0 Å². The molecular weight excluding hydrogens is 296 g/mol. The van der Waals surface area contributed by atoms with E-state index in [-0.39, 0.29) is 23.5 Å². The molecule has 0 aromatic carbocycles. The van der Waals surface area contributed by atoms with Crippen molar-refractivity contribution in [3.63, 3.8) is 0 Å². The van der Waals surface area contributed by atoms with Crippen LogP contribution >= 0.6 is 11.6 Å². The number of hydrogen-bond donors (Lipinski definition) is 2. The lowest BCUT2D eigenvalue weighted by molar-refractivity contribution is -0.142. The highest BCUT2D eigenvalue weighted by Crippen LogP contribution is 2.28. The Morgan fingerprint density at radius 3 is 2.81 bits per heavy atom. The van der Waals surface area contributed by atoms with E-state index in [2.05, 4.69) is 15.2 Å². The number of aromatic amines is 1. The third-order valence-corrected chi connectivity index (χ3v) is 4.02. The molecule has 1 aromatic rings. The van der Waals surface area contributed by atoms with Crippen LogP contribution in [0.25, 0.3) is 0 Å². The molecule has 1 fully saturated rings. The number of amides is 1. The summed E-state index contributed by atoms with van der Waals surface area (Å²) in [7, 11) is 0. The highest BCUT2D eigenvalue weighted by Gasteiger charge is 2.38. The van der Waals surface area contributed by atoms with E-state index in [1.807, 2.05) is 6.92 Å². The third kappa shape index (κ3) is 3.93.